The lowest BCUT2D eigenvalue weighted by molar-refractivity contribution is -0.0549. The normalized spacial score (nSPS) is 20.8. The van der Waals surface area contributed by atoms with Crippen molar-refractivity contribution in [3.05, 3.63) is 98.2 Å². The van der Waals surface area contributed by atoms with Gasteiger partial charge in [-0.05, 0) is 73.6 Å². The van der Waals surface area contributed by atoms with Crippen LogP contribution in [-0.4, -0.2) is 24.9 Å². The maximum absolute atomic E-state index is 11.9. The van der Waals surface area contributed by atoms with E-state index >= 15 is 0 Å². The number of ether oxygens (including phenoxy) is 1. The van der Waals surface area contributed by atoms with E-state index in [0.717, 1.165) is 29.7 Å². The molecular weight excluding hydrogens is 593 g/mol. The Morgan fingerprint density at radius 2 is 1.68 bits per heavy atom. The molecule has 0 unspecified atom stereocenters. The molecule has 2 saturated carbocycles. The molecule has 208 valence electrons. The van der Waals surface area contributed by atoms with E-state index in [1.54, 1.807) is 54.6 Å². The molecule has 3 aromatic carbocycles. The molecule has 1 heterocycles. The lowest BCUT2D eigenvalue weighted by atomic mass is 9.65. The monoisotopic (exact) mass is 617 g/mol. The van der Waals surface area contributed by atoms with Gasteiger partial charge in [0.1, 0.15) is 23.8 Å². The number of rotatable bonds is 8. The smallest absolute Gasteiger partial charge is 0.175 e. The zero-order valence-corrected chi connectivity index (χ0v) is 24.6. The maximum atomic E-state index is 11.9. The minimum atomic E-state index is -3.30. The molecule has 0 radical (unpaired) electrons. The summed E-state index contributed by atoms with van der Waals surface area (Å²) in [4.78, 5) is 0.276. The predicted octanol–water partition coefficient (Wildman–Crippen LogP) is 7.93. The SMILES string of the molecule is CS(=O)(=O)c1cccc(C2CC(O)(c3ccc(OCc4c(-c5c(Cl)cccc5Cl)noc4C4CC4)cc3Cl)C2)c1. The van der Waals surface area contributed by atoms with Gasteiger partial charge in [0.15, 0.2) is 9.84 Å². The molecule has 6 nitrogen and oxygen atoms in total. The Kier molecular flexibility index (Phi) is 7.16. The molecule has 6 rings (SSSR count). The van der Waals surface area contributed by atoms with Crippen LogP contribution in [-0.2, 0) is 22.0 Å². The Morgan fingerprint density at radius 1 is 0.975 bits per heavy atom. The molecule has 2 aliphatic rings. The second kappa shape index (κ2) is 10.4. The highest BCUT2D eigenvalue weighted by Crippen LogP contribution is 2.53. The number of hydrogen-bond acceptors (Lipinski definition) is 6. The molecule has 10 heteroatoms. The third kappa shape index (κ3) is 5.26. The molecule has 0 aliphatic heterocycles. The summed E-state index contributed by atoms with van der Waals surface area (Å²) in [6.07, 6.45) is 4.11. The third-order valence-electron chi connectivity index (χ3n) is 7.72. The summed E-state index contributed by atoms with van der Waals surface area (Å²) >= 11 is 19.6. The first-order valence-corrected chi connectivity index (χ1v) is 15.9. The Bertz CT molecular complexity index is 1690. The number of aromatic nitrogens is 1. The molecule has 0 atom stereocenters. The van der Waals surface area contributed by atoms with Crippen LogP contribution in [0.25, 0.3) is 11.3 Å². The summed E-state index contributed by atoms with van der Waals surface area (Å²) in [6.45, 7) is 0.185. The van der Waals surface area contributed by atoms with Gasteiger partial charge in [-0.2, -0.15) is 0 Å². The van der Waals surface area contributed by atoms with Crippen LogP contribution in [0.5, 0.6) is 5.75 Å². The van der Waals surface area contributed by atoms with E-state index in [9.17, 15) is 13.5 Å². The van der Waals surface area contributed by atoms with Crippen LogP contribution < -0.4 is 4.74 Å². The standard InChI is InChI=1S/C30H26Cl3NO5S/c1-40(36,37)21-5-2-4-18(12-21)19-14-30(35,15-19)23-11-10-20(13-26(23)33)38-16-22-28(34-39-29(22)17-8-9-17)27-24(31)6-3-7-25(27)32/h2-7,10-13,17,19,35H,8-9,14-16H2,1H3. The van der Waals surface area contributed by atoms with Gasteiger partial charge in [-0.1, -0.05) is 64.2 Å². The Balaban J connectivity index is 1.19. The van der Waals surface area contributed by atoms with Gasteiger partial charge < -0.3 is 14.4 Å². The minimum Gasteiger partial charge on any atom is -0.489 e. The van der Waals surface area contributed by atoms with Crippen molar-refractivity contribution < 1.29 is 22.8 Å². The van der Waals surface area contributed by atoms with Crippen LogP contribution in [0.3, 0.4) is 0 Å². The number of nitrogens with zero attached hydrogens (tertiary/aromatic N) is 1. The van der Waals surface area contributed by atoms with Crippen molar-refractivity contribution >= 4 is 44.6 Å². The topological polar surface area (TPSA) is 89.6 Å². The number of aliphatic hydroxyl groups is 1. The van der Waals surface area contributed by atoms with Gasteiger partial charge in [-0.3, -0.25) is 0 Å². The average Bonchev–Trinajstić information content (AvgIpc) is 3.65. The molecule has 0 saturated heterocycles. The van der Waals surface area contributed by atoms with Gasteiger partial charge in [0, 0.05) is 23.3 Å². The number of hydrogen-bond donors (Lipinski definition) is 1. The highest BCUT2D eigenvalue weighted by molar-refractivity contribution is 7.90. The predicted molar refractivity (Wildman–Crippen MR) is 155 cm³/mol. The lowest BCUT2D eigenvalue weighted by Crippen LogP contribution is -2.40. The van der Waals surface area contributed by atoms with Crippen LogP contribution in [0.15, 0.2) is 70.1 Å². The Hall–Kier alpha value is -2.55. The highest BCUT2D eigenvalue weighted by atomic mass is 35.5. The zero-order chi connectivity index (χ0) is 28.2. The Labute approximate surface area is 247 Å². The Morgan fingerprint density at radius 3 is 2.33 bits per heavy atom. The summed E-state index contributed by atoms with van der Waals surface area (Å²) in [5, 5.41) is 17.0. The van der Waals surface area contributed by atoms with E-state index in [0.29, 0.717) is 56.4 Å². The van der Waals surface area contributed by atoms with Crippen molar-refractivity contribution in [1.29, 1.82) is 0 Å². The van der Waals surface area contributed by atoms with Crippen molar-refractivity contribution in [2.45, 2.75) is 54.6 Å². The fourth-order valence-corrected chi connectivity index (χ4v) is 6.98. The number of benzene rings is 3. The quantitative estimate of drug-likeness (QED) is 0.216. The summed E-state index contributed by atoms with van der Waals surface area (Å²) in [5.41, 5.74) is 2.37. The average molecular weight is 619 g/mol. The summed E-state index contributed by atoms with van der Waals surface area (Å²) in [6, 6.07) is 17.4. The molecule has 0 spiro atoms. The maximum Gasteiger partial charge on any atom is 0.175 e. The largest absolute Gasteiger partial charge is 0.489 e. The molecule has 40 heavy (non-hydrogen) atoms. The summed E-state index contributed by atoms with van der Waals surface area (Å²) in [7, 11) is -3.30. The molecule has 1 N–H and O–H groups in total. The first-order chi connectivity index (χ1) is 19.0. The third-order valence-corrected chi connectivity index (χ3v) is 9.77. The van der Waals surface area contributed by atoms with Crippen LogP contribution >= 0.6 is 34.8 Å². The number of halogens is 3. The molecule has 4 aromatic rings. The van der Waals surface area contributed by atoms with Gasteiger partial charge in [-0.15, -0.1) is 0 Å². The molecular formula is C30H26Cl3NO5S. The fraction of sp³-hybridized carbons (Fsp3) is 0.300. The van der Waals surface area contributed by atoms with Crippen molar-refractivity contribution in [1.82, 2.24) is 5.16 Å². The second-order valence-corrected chi connectivity index (χ2v) is 13.9. The van der Waals surface area contributed by atoms with Crippen molar-refractivity contribution in [2.75, 3.05) is 6.26 Å². The molecule has 0 amide bonds. The van der Waals surface area contributed by atoms with Crippen molar-refractivity contribution in [3.8, 4) is 17.0 Å². The summed E-state index contributed by atoms with van der Waals surface area (Å²) in [5.74, 6) is 1.64. The van der Waals surface area contributed by atoms with Crippen LogP contribution in [0, 0.1) is 0 Å². The molecule has 2 aliphatic carbocycles. The fourth-order valence-electron chi connectivity index (χ4n) is 5.38. The zero-order valence-electron chi connectivity index (χ0n) is 21.5. The van der Waals surface area contributed by atoms with Crippen LogP contribution in [0.1, 0.15) is 60.0 Å². The van der Waals surface area contributed by atoms with Gasteiger partial charge >= 0.3 is 0 Å². The van der Waals surface area contributed by atoms with Gasteiger partial charge in [0.25, 0.3) is 0 Å². The second-order valence-electron chi connectivity index (χ2n) is 10.7. The number of sulfone groups is 1. The summed E-state index contributed by atoms with van der Waals surface area (Å²) < 4.78 is 35.7. The lowest BCUT2D eigenvalue weighted by Gasteiger charge is -2.44. The van der Waals surface area contributed by atoms with Gasteiger partial charge in [0.05, 0.1) is 31.1 Å². The van der Waals surface area contributed by atoms with Crippen molar-refractivity contribution in [2.24, 2.45) is 0 Å². The highest BCUT2D eigenvalue weighted by Gasteiger charge is 2.46. The first kappa shape index (κ1) is 27.6. The van der Waals surface area contributed by atoms with Gasteiger partial charge in [-0.25, -0.2) is 8.42 Å². The van der Waals surface area contributed by atoms with Crippen LogP contribution in [0.4, 0.5) is 0 Å². The van der Waals surface area contributed by atoms with E-state index in [4.69, 9.17) is 44.1 Å². The molecule has 1 aromatic heterocycles. The first-order valence-electron chi connectivity index (χ1n) is 12.9. The van der Waals surface area contributed by atoms with E-state index < -0.39 is 15.4 Å². The molecule has 0 bridgehead atoms. The van der Waals surface area contributed by atoms with E-state index in [2.05, 4.69) is 5.16 Å². The van der Waals surface area contributed by atoms with E-state index in [1.165, 1.54) is 6.26 Å². The minimum absolute atomic E-state index is 0.0307. The van der Waals surface area contributed by atoms with Crippen LogP contribution in [0.2, 0.25) is 15.1 Å². The van der Waals surface area contributed by atoms with E-state index in [1.807, 2.05) is 6.07 Å². The van der Waals surface area contributed by atoms with Gasteiger partial charge in [0.2, 0.25) is 0 Å². The van der Waals surface area contributed by atoms with E-state index in [-0.39, 0.29) is 17.4 Å². The molecule has 2 fully saturated rings. The van der Waals surface area contributed by atoms with Crippen molar-refractivity contribution in [3.63, 3.8) is 0 Å².